The molecule has 2 aromatic rings. The lowest BCUT2D eigenvalue weighted by Gasteiger charge is -2.16. The Balaban J connectivity index is 2.01. The minimum atomic E-state index is -3.32. The number of hydrogen-bond donors (Lipinski definition) is 1. The van der Waals surface area contributed by atoms with Crippen molar-refractivity contribution in [3.63, 3.8) is 0 Å². The van der Waals surface area contributed by atoms with Gasteiger partial charge in [0, 0.05) is 24.2 Å². The van der Waals surface area contributed by atoms with Crippen LogP contribution in [0.2, 0.25) is 5.02 Å². The number of nitrogens with zero attached hydrogens (tertiary/aromatic N) is 1. The third-order valence-electron chi connectivity index (χ3n) is 3.36. The molecule has 0 aliphatic carbocycles. The quantitative estimate of drug-likeness (QED) is 0.899. The van der Waals surface area contributed by atoms with Gasteiger partial charge in [-0.3, -0.25) is 9.10 Å². The summed E-state index contributed by atoms with van der Waals surface area (Å²) in [6.45, 7) is 0.390. The SMILES string of the molecule is CN(c1ccc(C(=O)NCc2ccc(Cl)cc2)cc1)S(C)(=O)=O. The standard InChI is InChI=1S/C16H17ClN2O3S/c1-19(23(2,21)22)15-9-5-13(6-10-15)16(20)18-11-12-3-7-14(17)8-4-12/h3-10H,11H2,1-2H3,(H,18,20). The fraction of sp³-hybridized carbons (Fsp3) is 0.188. The van der Waals surface area contributed by atoms with Gasteiger partial charge in [-0.2, -0.15) is 0 Å². The third-order valence-corrected chi connectivity index (χ3v) is 4.81. The Morgan fingerprint density at radius 3 is 2.17 bits per heavy atom. The maximum atomic E-state index is 12.1. The van der Waals surface area contributed by atoms with Crippen LogP contribution in [0.1, 0.15) is 15.9 Å². The van der Waals surface area contributed by atoms with Crippen LogP contribution in [0.3, 0.4) is 0 Å². The van der Waals surface area contributed by atoms with E-state index in [0.29, 0.717) is 22.8 Å². The molecule has 0 spiro atoms. The average molecular weight is 353 g/mol. The molecule has 122 valence electrons. The van der Waals surface area contributed by atoms with Crippen LogP contribution < -0.4 is 9.62 Å². The topological polar surface area (TPSA) is 66.5 Å². The summed E-state index contributed by atoms with van der Waals surface area (Å²) in [4.78, 5) is 12.1. The molecule has 0 saturated heterocycles. The minimum absolute atomic E-state index is 0.228. The molecule has 23 heavy (non-hydrogen) atoms. The first-order chi connectivity index (χ1) is 10.8. The molecule has 5 nitrogen and oxygen atoms in total. The second kappa shape index (κ2) is 7.02. The first-order valence-electron chi connectivity index (χ1n) is 6.84. The van der Waals surface area contributed by atoms with Crippen LogP contribution in [0.5, 0.6) is 0 Å². The molecule has 0 radical (unpaired) electrons. The lowest BCUT2D eigenvalue weighted by molar-refractivity contribution is 0.0951. The molecule has 7 heteroatoms. The summed E-state index contributed by atoms with van der Waals surface area (Å²) in [7, 11) is -1.85. The molecule has 0 unspecified atom stereocenters. The largest absolute Gasteiger partial charge is 0.348 e. The summed E-state index contributed by atoms with van der Waals surface area (Å²) in [6.07, 6.45) is 1.12. The molecule has 0 saturated carbocycles. The molecule has 0 aromatic heterocycles. The summed E-state index contributed by atoms with van der Waals surface area (Å²) in [5.41, 5.74) is 1.91. The van der Waals surface area contributed by atoms with Gasteiger partial charge >= 0.3 is 0 Å². The highest BCUT2D eigenvalue weighted by Gasteiger charge is 2.12. The van der Waals surface area contributed by atoms with Crippen LogP contribution in [0.4, 0.5) is 5.69 Å². The number of hydrogen-bond acceptors (Lipinski definition) is 3. The van der Waals surface area contributed by atoms with Crippen molar-refractivity contribution in [2.75, 3.05) is 17.6 Å². The number of rotatable bonds is 5. The highest BCUT2D eigenvalue weighted by molar-refractivity contribution is 7.92. The molecule has 0 aliphatic rings. The molecule has 1 N–H and O–H groups in total. The summed E-state index contributed by atoms with van der Waals surface area (Å²) in [6, 6.07) is 13.6. The maximum Gasteiger partial charge on any atom is 0.251 e. The van der Waals surface area contributed by atoms with E-state index in [4.69, 9.17) is 11.6 Å². The highest BCUT2D eigenvalue weighted by atomic mass is 35.5. The zero-order chi connectivity index (χ0) is 17.0. The van der Waals surface area contributed by atoms with Crippen molar-refractivity contribution in [3.8, 4) is 0 Å². The number of carbonyl (C=O) groups is 1. The second-order valence-corrected chi connectivity index (χ2v) is 7.54. The van der Waals surface area contributed by atoms with Crippen molar-refractivity contribution in [1.82, 2.24) is 5.32 Å². The second-order valence-electron chi connectivity index (χ2n) is 5.09. The van der Waals surface area contributed by atoms with Crippen molar-refractivity contribution in [1.29, 1.82) is 0 Å². The van der Waals surface area contributed by atoms with Gasteiger partial charge in [0.1, 0.15) is 0 Å². The Hall–Kier alpha value is -2.05. The molecule has 0 bridgehead atoms. The van der Waals surface area contributed by atoms with E-state index in [1.807, 2.05) is 12.1 Å². The molecule has 1 amide bonds. The molecule has 0 aliphatic heterocycles. The van der Waals surface area contributed by atoms with Crippen LogP contribution in [-0.2, 0) is 16.6 Å². The lowest BCUT2D eigenvalue weighted by atomic mass is 10.2. The zero-order valence-electron chi connectivity index (χ0n) is 12.8. The van der Waals surface area contributed by atoms with Gasteiger partial charge in [-0.25, -0.2) is 8.42 Å². The molecule has 0 atom stereocenters. The van der Waals surface area contributed by atoms with Crippen molar-refractivity contribution in [3.05, 3.63) is 64.7 Å². The van der Waals surface area contributed by atoms with Crippen LogP contribution in [-0.4, -0.2) is 27.6 Å². The van der Waals surface area contributed by atoms with Gasteiger partial charge in [0.25, 0.3) is 5.91 Å². The molecule has 2 aromatic carbocycles. The van der Waals surface area contributed by atoms with E-state index in [0.717, 1.165) is 16.1 Å². The Labute approximate surface area is 140 Å². The lowest BCUT2D eigenvalue weighted by Crippen LogP contribution is -2.25. The summed E-state index contributed by atoms with van der Waals surface area (Å²) in [5, 5.41) is 3.44. The molecule has 0 heterocycles. The van der Waals surface area contributed by atoms with Crippen molar-refractivity contribution >= 4 is 33.2 Å². The van der Waals surface area contributed by atoms with E-state index in [9.17, 15) is 13.2 Å². The number of nitrogens with one attached hydrogen (secondary N) is 1. The van der Waals surface area contributed by atoms with Crippen molar-refractivity contribution < 1.29 is 13.2 Å². The molecule has 0 fully saturated rings. The number of carbonyl (C=O) groups excluding carboxylic acids is 1. The van der Waals surface area contributed by atoms with Gasteiger partial charge in [-0.15, -0.1) is 0 Å². The van der Waals surface area contributed by atoms with Gasteiger partial charge in [-0.1, -0.05) is 23.7 Å². The number of benzene rings is 2. The Bertz CT molecular complexity index is 787. The van der Waals surface area contributed by atoms with Crippen LogP contribution in [0.15, 0.2) is 48.5 Å². The first kappa shape index (κ1) is 17.3. The smallest absolute Gasteiger partial charge is 0.251 e. The zero-order valence-corrected chi connectivity index (χ0v) is 14.4. The summed E-state index contributed by atoms with van der Waals surface area (Å²) >= 11 is 5.81. The highest BCUT2D eigenvalue weighted by Crippen LogP contribution is 2.16. The van der Waals surface area contributed by atoms with Crippen molar-refractivity contribution in [2.45, 2.75) is 6.54 Å². The van der Waals surface area contributed by atoms with E-state index in [-0.39, 0.29) is 5.91 Å². The monoisotopic (exact) mass is 352 g/mol. The van der Waals surface area contributed by atoms with Gasteiger partial charge in [0.2, 0.25) is 10.0 Å². The predicted molar refractivity (Wildman–Crippen MR) is 92.3 cm³/mol. The van der Waals surface area contributed by atoms with Gasteiger partial charge in [-0.05, 0) is 42.0 Å². The van der Waals surface area contributed by atoms with E-state index >= 15 is 0 Å². The summed E-state index contributed by atoms with van der Waals surface area (Å²) in [5.74, 6) is -0.228. The first-order valence-corrected chi connectivity index (χ1v) is 9.06. The van der Waals surface area contributed by atoms with E-state index in [1.54, 1.807) is 36.4 Å². The van der Waals surface area contributed by atoms with E-state index in [1.165, 1.54) is 7.05 Å². The van der Waals surface area contributed by atoms with Gasteiger partial charge < -0.3 is 5.32 Å². The van der Waals surface area contributed by atoms with Gasteiger partial charge in [0.15, 0.2) is 0 Å². The van der Waals surface area contributed by atoms with Gasteiger partial charge in [0.05, 0.1) is 11.9 Å². The summed E-state index contributed by atoms with van der Waals surface area (Å²) < 4.78 is 24.1. The average Bonchev–Trinajstić information content (AvgIpc) is 2.52. The van der Waals surface area contributed by atoms with Crippen LogP contribution >= 0.6 is 11.6 Å². The Kier molecular flexibility index (Phi) is 5.28. The number of amides is 1. The predicted octanol–water partition coefficient (Wildman–Crippen LogP) is 2.67. The number of sulfonamides is 1. The van der Waals surface area contributed by atoms with Crippen molar-refractivity contribution in [2.24, 2.45) is 0 Å². The van der Waals surface area contributed by atoms with Crippen LogP contribution in [0.25, 0.3) is 0 Å². The third kappa shape index (κ3) is 4.71. The van der Waals surface area contributed by atoms with E-state index < -0.39 is 10.0 Å². The number of halogens is 1. The Morgan fingerprint density at radius 2 is 1.65 bits per heavy atom. The molecule has 2 rings (SSSR count). The van der Waals surface area contributed by atoms with Crippen LogP contribution in [0, 0.1) is 0 Å². The number of anilines is 1. The Morgan fingerprint density at radius 1 is 1.09 bits per heavy atom. The minimum Gasteiger partial charge on any atom is -0.348 e. The normalized spacial score (nSPS) is 11.1. The maximum absolute atomic E-state index is 12.1. The molecular weight excluding hydrogens is 336 g/mol. The fourth-order valence-corrected chi connectivity index (χ4v) is 2.53. The molecular formula is C16H17ClN2O3S. The van der Waals surface area contributed by atoms with E-state index in [2.05, 4.69) is 5.32 Å². The fourth-order valence-electron chi connectivity index (χ4n) is 1.90.